The first-order valence-corrected chi connectivity index (χ1v) is 7.59. The maximum atomic E-state index is 5.42. The maximum absolute atomic E-state index is 5.42. The highest BCUT2D eigenvalue weighted by Crippen LogP contribution is 2.24. The number of anilines is 1. The molecule has 2 aromatic rings. The lowest BCUT2D eigenvalue weighted by atomic mass is 10.1. The lowest BCUT2D eigenvalue weighted by molar-refractivity contribution is 0.193. The van der Waals surface area contributed by atoms with E-state index in [-0.39, 0.29) is 0 Å². The van der Waals surface area contributed by atoms with E-state index in [1.165, 1.54) is 5.56 Å². The molecule has 0 spiro atoms. The van der Waals surface area contributed by atoms with Gasteiger partial charge in [0.15, 0.2) is 0 Å². The van der Waals surface area contributed by atoms with Gasteiger partial charge < -0.3 is 10.1 Å². The van der Waals surface area contributed by atoms with Crippen LogP contribution >= 0.6 is 0 Å². The van der Waals surface area contributed by atoms with Crippen LogP contribution in [-0.2, 0) is 11.2 Å². The molecule has 110 valence electrons. The number of ether oxygens (including phenoxy) is 1. The van der Waals surface area contributed by atoms with Crippen LogP contribution in [0.4, 0.5) is 5.82 Å². The third-order valence-electron chi connectivity index (χ3n) is 3.83. The maximum Gasteiger partial charge on any atom is 0.129 e. The van der Waals surface area contributed by atoms with Crippen molar-refractivity contribution in [1.29, 1.82) is 0 Å². The Balaban J connectivity index is 1.48. The van der Waals surface area contributed by atoms with Gasteiger partial charge in [0.1, 0.15) is 12.1 Å². The smallest absolute Gasteiger partial charge is 0.129 e. The second kappa shape index (κ2) is 7.18. The summed E-state index contributed by atoms with van der Waals surface area (Å²) in [6.45, 7) is 2.55. The van der Waals surface area contributed by atoms with E-state index < -0.39 is 0 Å². The molecule has 3 rings (SSSR count). The van der Waals surface area contributed by atoms with Crippen LogP contribution in [0.15, 0.2) is 42.7 Å². The van der Waals surface area contributed by atoms with Crippen molar-refractivity contribution in [2.75, 3.05) is 25.1 Å². The summed E-state index contributed by atoms with van der Waals surface area (Å²) in [6, 6.07) is 12.6. The molecule has 1 aromatic carbocycles. The minimum Gasteiger partial charge on any atom is -0.381 e. The van der Waals surface area contributed by atoms with Crippen molar-refractivity contribution in [3.63, 3.8) is 0 Å². The average Bonchev–Trinajstić information content (AvgIpc) is 3.07. The molecule has 1 aliphatic heterocycles. The van der Waals surface area contributed by atoms with Crippen LogP contribution < -0.4 is 5.32 Å². The van der Waals surface area contributed by atoms with E-state index in [4.69, 9.17) is 4.74 Å². The van der Waals surface area contributed by atoms with E-state index in [0.717, 1.165) is 50.5 Å². The number of rotatable bonds is 6. The molecule has 21 heavy (non-hydrogen) atoms. The zero-order valence-corrected chi connectivity index (χ0v) is 12.2. The Labute approximate surface area is 125 Å². The SMILES string of the molecule is c1ccc(CCCNc2cc([C@H]3CCOC3)ncn2)cc1. The van der Waals surface area contributed by atoms with Crippen molar-refractivity contribution in [3.8, 4) is 0 Å². The monoisotopic (exact) mass is 283 g/mol. The van der Waals surface area contributed by atoms with Gasteiger partial charge in [-0.3, -0.25) is 0 Å². The summed E-state index contributed by atoms with van der Waals surface area (Å²) >= 11 is 0. The Morgan fingerprint density at radius 3 is 2.90 bits per heavy atom. The zero-order valence-electron chi connectivity index (χ0n) is 12.2. The lowest BCUT2D eigenvalue weighted by Crippen LogP contribution is -2.07. The largest absolute Gasteiger partial charge is 0.381 e. The van der Waals surface area contributed by atoms with Gasteiger partial charge in [0.2, 0.25) is 0 Å². The fraction of sp³-hybridized carbons (Fsp3) is 0.412. The molecule has 0 unspecified atom stereocenters. The molecule has 0 bridgehead atoms. The summed E-state index contributed by atoms with van der Waals surface area (Å²) in [4.78, 5) is 8.66. The summed E-state index contributed by atoms with van der Waals surface area (Å²) < 4.78 is 5.42. The van der Waals surface area contributed by atoms with Crippen molar-refractivity contribution in [1.82, 2.24) is 9.97 Å². The number of aryl methyl sites for hydroxylation is 1. The number of benzene rings is 1. The van der Waals surface area contributed by atoms with Crippen LogP contribution in [0.3, 0.4) is 0 Å². The van der Waals surface area contributed by atoms with Gasteiger partial charge in [-0.2, -0.15) is 0 Å². The van der Waals surface area contributed by atoms with Gasteiger partial charge in [0.25, 0.3) is 0 Å². The van der Waals surface area contributed by atoms with E-state index in [1.807, 2.05) is 0 Å². The Kier molecular flexibility index (Phi) is 4.79. The average molecular weight is 283 g/mol. The molecular formula is C17H21N3O. The zero-order chi connectivity index (χ0) is 14.3. The normalized spacial score (nSPS) is 17.8. The topological polar surface area (TPSA) is 47.0 Å². The minimum absolute atomic E-state index is 0.429. The van der Waals surface area contributed by atoms with Gasteiger partial charge in [0.05, 0.1) is 12.3 Å². The molecule has 0 radical (unpaired) electrons. The molecule has 1 aromatic heterocycles. The van der Waals surface area contributed by atoms with Gasteiger partial charge in [0, 0.05) is 25.1 Å². The van der Waals surface area contributed by atoms with Crippen molar-refractivity contribution < 1.29 is 4.74 Å². The van der Waals surface area contributed by atoms with E-state index in [1.54, 1.807) is 6.33 Å². The van der Waals surface area contributed by atoms with Gasteiger partial charge >= 0.3 is 0 Å². The molecule has 0 aliphatic carbocycles. The molecular weight excluding hydrogens is 262 g/mol. The lowest BCUT2D eigenvalue weighted by Gasteiger charge is -2.10. The molecule has 1 aliphatic rings. The first kappa shape index (κ1) is 14.0. The molecule has 0 saturated carbocycles. The first-order chi connectivity index (χ1) is 10.4. The number of nitrogens with zero attached hydrogens (tertiary/aromatic N) is 2. The predicted octanol–water partition coefficient (Wildman–Crippen LogP) is 3.03. The van der Waals surface area contributed by atoms with Crippen LogP contribution in [0.5, 0.6) is 0 Å². The van der Waals surface area contributed by atoms with Crippen LogP contribution in [0, 0.1) is 0 Å². The molecule has 1 N–H and O–H groups in total. The van der Waals surface area contributed by atoms with E-state index >= 15 is 0 Å². The van der Waals surface area contributed by atoms with Gasteiger partial charge in [-0.05, 0) is 24.8 Å². The van der Waals surface area contributed by atoms with Gasteiger partial charge in [-0.15, -0.1) is 0 Å². The van der Waals surface area contributed by atoms with Crippen LogP contribution in [0.2, 0.25) is 0 Å². The molecule has 4 heteroatoms. The van der Waals surface area contributed by atoms with Crippen LogP contribution in [-0.4, -0.2) is 29.7 Å². The molecule has 1 fully saturated rings. The standard InChI is InChI=1S/C17H21N3O/c1-2-5-14(6-3-1)7-4-9-18-17-11-16(19-13-20-17)15-8-10-21-12-15/h1-3,5-6,11,13,15H,4,7-10,12H2,(H,18,19,20)/t15-/m0/s1. The van der Waals surface area contributed by atoms with Crippen molar-refractivity contribution >= 4 is 5.82 Å². The Bertz CT molecular complexity index is 553. The molecule has 2 heterocycles. The highest BCUT2D eigenvalue weighted by Gasteiger charge is 2.19. The number of hydrogen-bond donors (Lipinski definition) is 1. The summed E-state index contributed by atoms with van der Waals surface area (Å²) in [5.74, 6) is 1.35. The second-order valence-corrected chi connectivity index (χ2v) is 5.40. The number of aromatic nitrogens is 2. The molecule has 1 atom stereocenters. The minimum atomic E-state index is 0.429. The highest BCUT2D eigenvalue weighted by molar-refractivity contribution is 5.36. The second-order valence-electron chi connectivity index (χ2n) is 5.40. The summed E-state index contributed by atoms with van der Waals surface area (Å²) in [7, 11) is 0. The number of nitrogens with one attached hydrogen (secondary N) is 1. The molecule has 0 amide bonds. The summed E-state index contributed by atoms with van der Waals surface area (Å²) in [6.07, 6.45) is 4.88. The van der Waals surface area contributed by atoms with Crippen molar-refractivity contribution in [3.05, 3.63) is 54.0 Å². The Morgan fingerprint density at radius 1 is 1.19 bits per heavy atom. The van der Waals surface area contributed by atoms with Gasteiger partial charge in [-0.25, -0.2) is 9.97 Å². The fourth-order valence-electron chi connectivity index (χ4n) is 2.61. The third-order valence-corrected chi connectivity index (χ3v) is 3.83. The van der Waals surface area contributed by atoms with E-state index in [2.05, 4.69) is 51.7 Å². The summed E-state index contributed by atoms with van der Waals surface area (Å²) in [5, 5.41) is 3.39. The third kappa shape index (κ3) is 4.02. The van der Waals surface area contributed by atoms with Crippen LogP contribution in [0.25, 0.3) is 0 Å². The Hall–Kier alpha value is -1.94. The highest BCUT2D eigenvalue weighted by atomic mass is 16.5. The number of hydrogen-bond acceptors (Lipinski definition) is 4. The quantitative estimate of drug-likeness (QED) is 0.828. The van der Waals surface area contributed by atoms with E-state index in [0.29, 0.717) is 5.92 Å². The van der Waals surface area contributed by atoms with Crippen molar-refractivity contribution in [2.24, 2.45) is 0 Å². The fourth-order valence-corrected chi connectivity index (χ4v) is 2.61. The summed E-state index contributed by atoms with van der Waals surface area (Å²) in [5.41, 5.74) is 2.47. The molecule has 1 saturated heterocycles. The predicted molar refractivity (Wildman–Crippen MR) is 83.5 cm³/mol. The van der Waals surface area contributed by atoms with E-state index in [9.17, 15) is 0 Å². The van der Waals surface area contributed by atoms with Crippen LogP contribution in [0.1, 0.15) is 30.0 Å². The molecule has 4 nitrogen and oxygen atoms in total. The Morgan fingerprint density at radius 2 is 2.10 bits per heavy atom. The first-order valence-electron chi connectivity index (χ1n) is 7.59. The van der Waals surface area contributed by atoms with Gasteiger partial charge in [-0.1, -0.05) is 30.3 Å². The van der Waals surface area contributed by atoms with Crippen molar-refractivity contribution in [2.45, 2.75) is 25.2 Å².